The highest BCUT2D eigenvalue weighted by atomic mass is 32.2. The summed E-state index contributed by atoms with van der Waals surface area (Å²) < 4.78 is 37.2. The van der Waals surface area contributed by atoms with E-state index in [0.29, 0.717) is 29.5 Å². The molecule has 0 unspecified atom stereocenters. The zero-order chi connectivity index (χ0) is 25.1. The lowest BCUT2D eigenvalue weighted by atomic mass is 10.3. The molecule has 1 aliphatic rings. The predicted molar refractivity (Wildman–Crippen MR) is 137 cm³/mol. The summed E-state index contributed by atoms with van der Waals surface area (Å²) in [4.78, 5) is 22.4. The van der Waals surface area contributed by atoms with Crippen LogP contribution in [0.4, 0.5) is 16.5 Å². The van der Waals surface area contributed by atoms with Crippen molar-refractivity contribution in [3.05, 3.63) is 72.2 Å². The monoisotopic (exact) mass is 522 g/mol. The van der Waals surface area contributed by atoms with Gasteiger partial charge in [-0.1, -0.05) is 12.1 Å². The van der Waals surface area contributed by atoms with E-state index >= 15 is 0 Å². The van der Waals surface area contributed by atoms with Crippen molar-refractivity contribution in [3.8, 4) is 22.9 Å². The maximum Gasteiger partial charge on any atom is 0.343 e. The van der Waals surface area contributed by atoms with Gasteiger partial charge < -0.3 is 19.1 Å². The number of carbonyl (C=O) groups is 1. The molecule has 11 heteroatoms. The average Bonchev–Trinajstić information content (AvgIpc) is 3.53. The van der Waals surface area contributed by atoms with Crippen LogP contribution in [0.2, 0.25) is 0 Å². The second-order valence-electron chi connectivity index (χ2n) is 7.93. The maximum atomic E-state index is 13.2. The fourth-order valence-corrected chi connectivity index (χ4v) is 5.67. The van der Waals surface area contributed by atoms with E-state index in [1.54, 1.807) is 41.4 Å². The Morgan fingerprint density at radius 3 is 2.69 bits per heavy atom. The van der Waals surface area contributed by atoms with E-state index in [1.807, 2.05) is 23.6 Å². The van der Waals surface area contributed by atoms with E-state index in [9.17, 15) is 13.2 Å². The Labute approximate surface area is 212 Å². The predicted octanol–water partition coefficient (Wildman–Crippen LogP) is 4.85. The highest BCUT2D eigenvalue weighted by molar-refractivity contribution is 7.87. The van der Waals surface area contributed by atoms with Crippen molar-refractivity contribution < 1.29 is 22.1 Å². The summed E-state index contributed by atoms with van der Waals surface area (Å²) in [5.41, 5.74) is 2.59. The molecule has 1 saturated heterocycles. The van der Waals surface area contributed by atoms with Crippen molar-refractivity contribution in [3.63, 3.8) is 0 Å². The SMILES string of the molecule is COc1ccc(N2CCCC2=O)cc1S(=O)(=O)Oc1cccc(Nc2nc(-c3ccccn3)cs2)c1. The lowest BCUT2D eigenvalue weighted by Crippen LogP contribution is -2.24. The molecule has 0 spiro atoms. The summed E-state index contributed by atoms with van der Waals surface area (Å²) >= 11 is 1.40. The Hall–Kier alpha value is -3.96. The highest BCUT2D eigenvalue weighted by Gasteiger charge is 2.27. The number of hydrogen-bond acceptors (Lipinski definition) is 9. The van der Waals surface area contributed by atoms with Crippen LogP contribution in [0.15, 0.2) is 77.1 Å². The van der Waals surface area contributed by atoms with Gasteiger partial charge in [0.25, 0.3) is 0 Å². The number of hydrogen-bond donors (Lipinski definition) is 1. The first kappa shape index (κ1) is 23.8. The molecular formula is C25H22N4O5S2. The number of anilines is 3. The molecule has 9 nitrogen and oxygen atoms in total. The number of carbonyl (C=O) groups excluding carboxylic acids is 1. The number of nitrogens with one attached hydrogen (secondary N) is 1. The molecule has 2 aromatic carbocycles. The number of pyridine rings is 1. The summed E-state index contributed by atoms with van der Waals surface area (Å²) in [6.07, 6.45) is 2.87. The summed E-state index contributed by atoms with van der Waals surface area (Å²) in [7, 11) is -2.88. The molecule has 2 aromatic heterocycles. The zero-order valence-corrected chi connectivity index (χ0v) is 20.9. The topological polar surface area (TPSA) is 111 Å². The molecule has 0 radical (unpaired) electrons. The van der Waals surface area contributed by atoms with Gasteiger partial charge >= 0.3 is 10.1 Å². The van der Waals surface area contributed by atoms with Gasteiger partial charge in [-0.2, -0.15) is 8.42 Å². The van der Waals surface area contributed by atoms with Gasteiger partial charge in [-0.3, -0.25) is 9.78 Å². The minimum Gasteiger partial charge on any atom is -0.495 e. The summed E-state index contributed by atoms with van der Waals surface area (Å²) in [6, 6.07) is 16.8. The molecule has 0 saturated carbocycles. The molecule has 36 heavy (non-hydrogen) atoms. The Balaban J connectivity index is 1.37. The third kappa shape index (κ3) is 5.02. The van der Waals surface area contributed by atoms with Crippen LogP contribution >= 0.6 is 11.3 Å². The molecule has 1 amide bonds. The van der Waals surface area contributed by atoms with E-state index < -0.39 is 10.1 Å². The number of nitrogens with zero attached hydrogens (tertiary/aromatic N) is 3. The molecular weight excluding hydrogens is 500 g/mol. The van der Waals surface area contributed by atoms with E-state index in [4.69, 9.17) is 8.92 Å². The van der Waals surface area contributed by atoms with E-state index in [1.165, 1.54) is 30.6 Å². The van der Waals surface area contributed by atoms with Crippen LogP contribution in [0.1, 0.15) is 12.8 Å². The van der Waals surface area contributed by atoms with Gasteiger partial charge in [0.2, 0.25) is 5.91 Å². The molecule has 1 N–H and O–H groups in total. The largest absolute Gasteiger partial charge is 0.495 e. The Morgan fingerprint density at radius 1 is 1.06 bits per heavy atom. The fraction of sp³-hybridized carbons (Fsp3) is 0.160. The van der Waals surface area contributed by atoms with Crippen LogP contribution in [0.3, 0.4) is 0 Å². The minimum absolute atomic E-state index is 0.0448. The second-order valence-corrected chi connectivity index (χ2v) is 10.3. The lowest BCUT2D eigenvalue weighted by Gasteiger charge is -2.18. The van der Waals surface area contributed by atoms with Crippen molar-refractivity contribution in [2.75, 3.05) is 23.9 Å². The van der Waals surface area contributed by atoms with Gasteiger partial charge in [-0.25, -0.2) is 4.98 Å². The van der Waals surface area contributed by atoms with E-state index in [-0.39, 0.29) is 22.3 Å². The normalized spacial score (nSPS) is 13.6. The molecule has 5 rings (SSSR count). The van der Waals surface area contributed by atoms with Crippen molar-refractivity contribution in [2.45, 2.75) is 17.7 Å². The maximum absolute atomic E-state index is 13.2. The quantitative estimate of drug-likeness (QED) is 0.327. The smallest absolute Gasteiger partial charge is 0.343 e. The standard InChI is InChI=1S/C25H22N4O5S2/c1-33-22-11-10-18(29-13-5-9-24(29)30)15-23(22)36(31,32)34-19-7-4-6-17(14-19)27-25-28-21(16-35-25)20-8-2-3-12-26-20/h2-4,6-8,10-12,14-16H,5,9,13H2,1H3,(H,27,28). The first-order valence-electron chi connectivity index (χ1n) is 11.1. The summed E-state index contributed by atoms with van der Waals surface area (Å²) in [5, 5.41) is 5.68. The number of methoxy groups -OCH3 is 1. The van der Waals surface area contributed by atoms with Gasteiger partial charge in [0, 0.05) is 42.0 Å². The lowest BCUT2D eigenvalue weighted by molar-refractivity contribution is -0.117. The average molecular weight is 523 g/mol. The highest BCUT2D eigenvalue weighted by Crippen LogP contribution is 2.33. The van der Waals surface area contributed by atoms with Crippen LogP contribution in [-0.4, -0.2) is 37.9 Å². The van der Waals surface area contributed by atoms with Crippen molar-refractivity contribution >= 4 is 43.9 Å². The van der Waals surface area contributed by atoms with E-state index in [2.05, 4.69) is 15.3 Å². The van der Waals surface area contributed by atoms with Crippen LogP contribution in [0.25, 0.3) is 11.4 Å². The number of amides is 1. The first-order chi connectivity index (χ1) is 17.4. The third-order valence-electron chi connectivity index (χ3n) is 5.52. The number of thiazole rings is 1. The number of aromatic nitrogens is 2. The molecule has 1 fully saturated rings. The second kappa shape index (κ2) is 9.96. The zero-order valence-electron chi connectivity index (χ0n) is 19.2. The first-order valence-corrected chi connectivity index (χ1v) is 13.4. The molecule has 0 bridgehead atoms. The molecule has 1 aliphatic heterocycles. The molecule has 0 aliphatic carbocycles. The van der Waals surface area contributed by atoms with Crippen LogP contribution in [-0.2, 0) is 14.9 Å². The molecule has 4 aromatic rings. The Morgan fingerprint density at radius 2 is 1.94 bits per heavy atom. The third-order valence-corrected chi connectivity index (χ3v) is 7.55. The molecule has 0 atom stereocenters. The summed E-state index contributed by atoms with van der Waals surface area (Å²) in [5.74, 6) is 0.201. The Kier molecular flexibility index (Phi) is 6.57. The number of rotatable bonds is 8. The van der Waals surface area contributed by atoms with Crippen molar-refractivity contribution in [2.24, 2.45) is 0 Å². The van der Waals surface area contributed by atoms with Crippen LogP contribution < -0.4 is 19.1 Å². The van der Waals surface area contributed by atoms with Gasteiger partial charge in [-0.15, -0.1) is 11.3 Å². The van der Waals surface area contributed by atoms with E-state index in [0.717, 1.165) is 17.8 Å². The van der Waals surface area contributed by atoms with Crippen LogP contribution in [0, 0.1) is 0 Å². The summed E-state index contributed by atoms with van der Waals surface area (Å²) in [6.45, 7) is 0.540. The fourth-order valence-electron chi connectivity index (χ4n) is 3.83. The van der Waals surface area contributed by atoms with Gasteiger partial charge in [0.15, 0.2) is 5.13 Å². The van der Waals surface area contributed by atoms with Crippen molar-refractivity contribution in [1.29, 1.82) is 0 Å². The van der Waals surface area contributed by atoms with Gasteiger partial charge in [0.05, 0.1) is 12.8 Å². The Bertz CT molecular complexity index is 1510. The molecule has 3 heterocycles. The number of benzene rings is 2. The van der Waals surface area contributed by atoms with Gasteiger partial charge in [-0.05, 0) is 48.9 Å². The van der Waals surface area contributed by atoms with Crippen molar-refractivity contribution in [1.82, 2.24) is 9.97 Å². The minimum atomic E-state index is -4.26. The van der Waals surface area contributed by atoms with Crippen LogP contribution in [0.5, 0.6) is 11.5 Å². The van der Waals surface area contributed by atoms with Gasteiger partial charge in [0.1, 0.15) is 22.1 Å². The number of ether oxygens (including phenoxy) is 1. The molecule has 184 valence electrons.